The molecule has 0 aromatic heterocycles. The van der Waals surface area contributed by atoms with E-state index in [1.54, 1.807) is 7.11 Å². The van der Waals surface area contributed by atoms with Crippen molar-refractivity contribution in [2.45, 2.75) is 25.9 Å². The monoisotopic (exact) mass is 188 g/mol. The molecule has 0 aromatic carbocycles. The van der Waals surface area contributed by atoms with Crippen LogP contribution >= 0.6 is 0 Å². The summed E-state index contributed by atoms with van der Waals surface area (Å²) < 4.78 is 10.4. The molecule has 1 aliphatic rings. The van der Waals surface area contributed by atoms with E-state index in [1.807, 2.05) is 13.8 Å². The molecule has 1 saturated heterocycles. The number of aliphatic hydroxyl groups is 1. The summed E-state index contributed by atoms with van der Waals surface area (Å²) in [4.78, 5) is 0. The van der Waals surface area contributed by atoms with Crippen molar-refractivity contribution < 1.29 is 14.6 Å². The normalized spacial score (nSPS) is 27.9. The highest BCUT2D eigenvalue weighted by Crippen LogP contribution is 2.32. The third kappa shape index (κ3) is 2.22. The van der Waals surface area contributed by atoms with Gasteiger partial charge in [0.25, 0.3) is 0 Å². The second kappa shape index (κ2) is 4.40. The molecule has 0 spiro atoms. The molecule has 0 bridgehead atoms. The highest BCUT2D eigenvalue weighted by molar-refractivity contribution is 4.91. The van der Waals surface area contributed by atoms with Gasteiger partial charge in [-0.25, -0.2) is 0 Å². The molecule has 1 heterocycles. The van der Waals surface area contributed by atoms with Crippen LogP contribution in [0.4, 0.5) is 0 Å². The molecule has 0 saturated carbocycles. The molecule has 0 aliphatic carbocycles. The molecular weight excluding hydrogens is 168 g/mol. The SMILES string of the molecule is COCC(O)(C(C)C)C1CCOC1. The summed E-state index contributed by atoms with van der Waals surface area (Å²) >= 11 is 0. The van der Waals surface area contributed by atoms with E-state index in [9.17, 15) is 5.11 Å². The molecule has 1 aliphatic heterocycles. The van der Waals surface area contributed by atoms with Crippen molar-refractivity contribution >= 4 is 0 Å². The van der Waals surface area contributed by atoms with Crippen molar-refractivity contribution in [2.75, 3.05) is 26.9 Å². The summed E-state index contributed by atoms with van der Waals surface area (Å²) in [6.07, 6.45) is 0.942. The van der Waals surface area contributed by atoms with Crippen molar-refractivity contribution in [1.29, 1.82) is 0 Å². The maximum Gasteiger partial charge on any atom is 0.0953 e. The summed E-state index contributed by atoms with van der Waals surface area (Å²) in [5.74, 6) is 0.437. The lowest BCUT2D eigenvalue weighted by atomic mass is 9.78. The van der Waals surface area contributed by atoms with Crippen LogP contribution in [0.2, 0.25) is 0 Å². The Bertz CT molecular complexity index is 152. The highest BCUT2D eigenvalue weighted by Gasteiger charge is 2.41. The van der Waals surface area contributed by atoms with Crippen LogP contribution in [0, 0.1) is 11.8 Å². The maximum atomic E-state index is 10.4. The van der Waals surface area contributed by atoms with Crippen LogP contribution in [-0.2, 0) is 9.47 Å². The summed E-state index contributed by atoms with van der Waals surface area (Å²) in [5.41, 5.74) is -0.717. The van der Waals surface area contributed by atoms with Gasteiger partial charge in [-0.1, -0.05) is 13.8 Å². The number of ether oxygens (including phenoxy) is 2. The molecule has 0 aromatic rings. The molecular formula is C10H20O3. The van der Waals surface area contributed by atoms with Crippen molar-refractivity contribution in [3.05, 3.63) is 0 Å². The fourth-order valence-electron chi connectivity index (χ4n) is 1.92. The first-order valence-corrected chi connectivity index (χ1v) is 4.90. The van der Waals surface area contributed by atoms with Crippen molar-refractivity contribution in [3.8, 4) is 0 Å². The Morgan fingerprint density at radius 3 is 2.69 bits per heavy atom. The summed E-state index contributed by atoms with van der Waals surface area (Å²) in [7, 11) is 1.63. The summed E-state index contributed by atoms with van der Waals surface area (Å²) in [6, 6.07) is 0. The second-order valence-corrected chi connectivity index (χ2v) is 4.14. The number of methoxy groups -OCH3 is 1. The molecule has 0 amide bonds. The van der Waals surface area contributed by atoms with Crippen molar-refractivity contribution in [1.82, 2.24) is 0 Å². The van der Waals surface area contributed by atoms with Gasteiger partial charge in [-0.05, 0) is 12.3 Å². The third-order valence-electron chi connectivity index (χ3n) is 3.01. The van der Waals surface area contributed by atoms with E-state index in [0.29, 0.717) is 13.2 Å². The standard InChI is InChI=1S/C10H20O3/c1-8(2)10(11,7-12-3)9-4-5-13-6-9/h8-9,11H,4-7H2,1-3H3. The first kappa shape index (κ1) is 11.0. The zero-order chi connectivity index (χ0) is 9.90. The van der Waals surface area contributed by atoms with Crippen LogP contribution < -0.4 is 0 Å². The average Bonchev–Trinajstić information content (AvgIpc) is 2.56. The summed E-state index contributed by atoms with van der Waals surface area (Å²) in [6.45, 7) is 5.88. The van der Waals surface area contributed by atoms with Crippen LogP contribution in [0.15, 0.2) is 0 Å². The fourth-order valence-corrected chi connectivity index (χ4v) is 1.92. The first-order valence-electron chi connectivity index (χ1n) is 4.90. The minimum atomic E-state index is -0.717. The van der Waals surface area contributed by atoms with Gasteiger partial charge in [0.2, 0.25) is 0 Å². The lowest BCUT2D eigenvalue weighted by molar-refractivity contribution is -0.106. The van der Waals surface area contributed by atoms with E-state index >= 15 is 0 Å². The third-order valence-corrected chi connectivity index (χ3v) is 3.01. The Labute approximate surface area is 80.0 Å². The predicted octanol–water partition coefficient (Wildman–Crippen LogP) is 1.06. The minimum absolute atomic E-state index is 0.208. The molecule has 3 heteroatoms. The van der Waals surface area contributed by atoms with E-state index < -0.39 is 5.60 Å². The maximum absolute atomic E-state index is 10.4. The van der Waals surface area contributed by atoms with Gasteiger partial charge in [0, 0.05) is 19.6 Å². The van der Waals surface area contributed by atoms with Crippen molar-refractivity contribution in [2.24, 2.45) is 11.8 Å². The van der Waals surface area contributed by atoms with Crippen LogP contribution in [-0.4, -0.2) is 37.6 Å². The Morgan fingerprint density at radius 2 is 2.31 bits per heavy atom. The van der Waals surface area contributed by atoms with Crippen molar-refractivity contribution in [3.63, 3.8) is 0 Å². The number of hydrogen-bond donors (Lipinski definition) is 1. The Kier molecular flexibility index (Phi) is 3.71. The molecule has 78 valence electrons. The van der Waals surface area contributed by atoms with Gasteiger partial charge >= 0.3 is 0 Å². The van der Waals surface area contributed by atoms with Crippen LogP contribution in [0.5, 0.6) is 0 Å². The molecule has 2 atom stereocenters. The molecule has 13 heavy (non-hydrogen) atoms. The Balaban J connectivity index is 2.64. The zero-order valence-corrected chi connectivity index (χ0v) is 8.75. The Morgan fingerprint density at radius 1 is 1.62 bits per heavy atom. The zero-order valence-electron chi connectivity index (χ0n) is 8.75. The molecule has 1 N–H and O–H groups in total. The van der Waals surface area contributed by atoms with Gasteiger partial charge in [-0.15, -0.1) is 0 Å². The molecule has 1 fully saturated rings. The van der Waals surface area contributed by atoms with Gasteiger partial charge in [-0.3, -0.25) is 0 Å². The molecule has 2 unspecified atom stereocenters. The lowest BCUT2D eigenvalue weighted by Gasteiger charge is -2.36. The molecule has 1 rings (SSSR count). The Hall–Kier alpha value is -0.120. The second-order valence-electron chi connectivity index (χ2n) is 4.14. The fraction of sp³-hybridized carbons (Fsp3) is 1.00. The van der Waals surface area contributed by atoms with Gasteiger partial charge in [0.15, 0.2) is 0 Å². The number of hydrogen-bond acceptors (Lipinski definition) is 3. The van der Waals surface area contributed by atoms with Gasteiger partial charge in [-0.2, -0.15) is 0 Å². The quantitative estimate of drug-likeness (QED) is 0.717. The van der Waals surface area contributed by atoms with E-state index in [4.69, 9.17) is 9.47 Å². The van der Waals surface area contributed by atoms with Gasteiger partial charge < -0.3 is 14.6 Å². The minimum Gasteiger partial charge on any atom is -0.387 e. The number of rotatable bonds is 4. The van der Waals surface area contributed by atoms with Crippen LogP contribution in [0.1, 0.15) is 20.3 Å². The molecule has 0 radical (unpaired) electrons. The predicted molar refractivity (Wildman–Crippen MR) is 50.6 cm³/mol. The first-order chi connectivity index (χ1) is 6.11. The molecule has 3 nitrogen and oxygen atoms in total. The average molecular weight is 188 g/mol. The largest absolute Gasteiger partial charge is 0.387 e. The van der Waals surface area contributed by atoms with E-state index in [-0.39, 0.29) is 11.8 Å². The smallest absolute Gasteiger partial charge is 0.0953 e. The van der Waals surface area contributed by atoms with E-state index in [1.165, 1.54) is 0 Å². The van der Waals surface area contributed by atoms with Gasteiger partial charge in [0.1, 0.15) is 0 Å². The van der Waals surface area contributed by atoms with Crippen LogP contribution in [0.25, 0.3) is 0 Å². The van der Waals surface area contributed by atoms with E-state index in [2.05, 4.69) is 0 Å². The van der Waals surface area contributed by atoms with E-state index in [0.717, 1.165) is 13.0 Å². The van der Waals surface area contributed by atoms with Crippen LogP contribution in [0.3, 0.4) is 0 Å². The lowest BCUT2D eigenvalue weighted by Crippen LogP contribution is -2.47. The van der Waals surface area contributed by atoms with Gasteiger partial charge in [0.05, 0.1) is 18.8 Å². The highest BCUT2D eigenvalue weighted by atomic mass is 16.5. The summed E-state index contributed by atoms with van der Waals surface area (Å²) in [5, 5.41) is 10.4. The topological polar surface area (TPSA) is 38.7 Å².